The van der Waals surface area contributed by atoms with E-state index in [9.17, 15) is 13.6 Å². The van der Waals surface area contributed by atoms with Gasteiger partial charge in [-0.05, 0) is 23.6 Å². The Morgan fingerprint density at radius 3 is 2.60 bits per heavy atom. The monoisotopic (exact) mass is 224 g/mol. The molecule has 1 aromatic heterocycles. The highest BCUT2D eigenvalue weighted by Crippen LogP contribution is 2.29. The lowest BCUT2D eigenvalue weighted by molar-refractivity contribution is 0.112. The number of hydrogen-bond donors (Lipinski definition) is 0. The summed E-state index contributed by atoms with van der Waals surface area (Å²) in [6, 6.07) is 4.96. The normalized spacial score (nSPS) is 10.3. The van der Waals surface area contributed by atoms with Crippen LogP contribution in [-0.2, 0) is 0 Å². The van der Waals surface area contributed by atoms with E-state index in [0.29, 0.717) is 16.7 Å². The van der Waals surface area contributed by atoms with E-state index < -0.39 is 11.6 Å². The highest BCUT2D eigenvalue weighted by molar-refractivity contribution is 7.12. The van der Waals surface area contributed by atoms with Gasteiger partial charge in [-0.2, -0.15) is 0 Å². The first-order valence-corrected chi connectivity index (χ1v) is 5.08. The lowest BCUT2D eigenvalue weighted by atomic mass is 10.1. The Bertz CT molecular complexity index is 505. The summed E-state index contributed by atoms with van der Waals surface area (Å²) >= 11 is 1.23. The zero-order chi connectivity index (χ0) is 10.8. The van der Waals surface area contributed by atoms with Crippen LogP contribution in [0.25, 0.3) is 11.1 Å². The topological polar surface area (TPSA) is 17.1 Å². The average Bonchev–Trinajstić information content (AvgIpc) is 2.65. The van der Waals surface area contributed by atoms with Gasteiger partial charge in [-0.25, -0.2) is 8.78 Å². The van der Waals surface area contributed by atoms with E-state index >= 15 is 0 Å². The minimum atomic E-state index is -0.656. The van der Waals surface area contributed by atoms with Crippen molar-refractivity contribution in [1.29, 1.82) is 0 Å². The number of halogens is 2. The van der Waals surface area contributed by atoms with Crippen molar-refractivity contribution in [2.75, 3.05) is 0 Å². The molecule has 0 N–H and O–H groups in total. The van der Waals surface area contributed by atoms with Crippen LogP contribution in [0.2, 0.25) is 0 Å². The fraction of sp³-hybridized carbons (Fsp3) is 0. The Morgan fingerprint density at radius 1 is 1.13 bits per heavy atom. The summed E-state index contributed by atoms with van der Waals surface area (Å²) in [6.45, 7) is 0. The van der Waals surface area contributed by atoms with E-state index in [0.717, 1.165) is 6.07 Å². The lowest BCUT2D eigenvalue weighted by Crippen LogP contribution is -1.87. The third-order valence-electron chi connectivity index (χ3n) is 2.02. The van der Waals surface area contributed by atoms with Gasteiger partial charge in [0.2, 0.25) is 0 Å². The van der Waals surface area contributed by atoms with Gasteiger partial charge in [-0.15, -0.1) is 11.3 Å². The molecule has 0 spiro atoms. The fourth-order valence-corrected chi connectivity index (χ4v) is 2.05. The van der Waals surface area contributed by atoms with Gasteiger partial charge in [0.25, 0.3) is 0 Å². The fourth-order valence-electron chi connectivity index (χ4n) is 1.34. The highest BCUT2D eigenvalue weighted by atomic mass is 32.1. The minimum absolute atomic E-state index is 0.250. The molecule has 76 valence electrons. The van der Waals surface area contributed by atoms with Gasteiger partial charge in [0, 0.05) is 17.2 Å². The molecule has 0 fully saturated rings. The molecule has 0 aliphatic heterocycles. The molecule has 2 rings (SSSR count). The van der Waals surface area contributed by atoms with Crippen LogP contribution in [0, 0.1) is 11.6 Å². The minimum Gasteiger partial charge on any atom is -0.297 e. The van der Waals surface area contributed by atoms with Crippen molar-refractivity contribution < 1.29 is 13.6 Å². The summed E-state index contributed by atoms with van der Waals surface area (Å²) in [5, 5.41) is 1.70. The van der Waals surface area contributed by atoms with Crippen molar-refractivity contribution in [3.8, 4) is 11.1 Å². The quantitative estimate of drug-likeness (QED) is 0.713. The first-order chi connectivity index (χ1) is 7.22. The molecule has 4 heteroatoms. The molecule has 0 radical (unpaired) electrons. The standard InChI is InChI=1S/C11H6F2OS/c12-7-1-2-8(10(13)5-7)9-3-4-15-11(9)6-14/h1-6H. The number of hydrogen-bond acceptors (Lipinski definition) is 2. The molecule has 0 saturated heterocycles. The van der Waals surface area contributed by atoms with Gasteiger partial charge in [0.15, 0.2) is 6.29 Å². The summed E-state index contributed by atoms with van der Waals surface area (Å²) in [6.07, 6.45) is 0.669. The van der Waals surface area contributed by atoms with E-state index in [2.05, 4.69) is 0 Å². The Kier molecular flexibility index (Phi) is 2.60. The number of carbonyl (C=O) groups is 1. The second-order valence-electron chi connectivity index (χ2n) is 2.94. The summed E-state index contributed by atoms with van der Waals surface area (Å²) in [5.41, 5.74) is 0.757. The maximum atomic E-state index is 13.4. The Hall–Kier alpha value is -1.55. The first-order valence-electron chi connectivity index (χ1n) is 4.20. The molecule has 1 nitrogen and oxygen atoms in total. The zero-order valence-corrected chi connectivity index (χ0v) is 8.35. The molecule has 15 heavy (non-hydrogen) atoms. The predicted octanol–water partition coefficient (Wildman–Crippen LogP) is 3.51. The highest BCUT2D eigenvalue weighted by Gasteiger charge is 2.11. The second kappa shape index (κ2) is 3.90. The average molecular weight is 224 g/mol. The Balaban J connectivity index is 2.59. The molecule has 0 amide bonds. The summed E-state index contributed by atoms with van der Waals surface area (Å²) in [7, 11) is 0. The van der Waals surface area contributed by atoms with Crippen molar-refractivity contribution in [3.05, 3.63) is 46.2 Å². The predicted molar refractivity (Wildman–Crippen MR) is 55.1 cm³/mol. The van der Waals surface area contributed by atoms with Crippen molar-refractivity contribution in [3.63, 3.8) is 0 Å². The van der Waals surface area contributed by atoms with Crippen molar-refractivity contribution >= 4 is 17.6 Å². The largest absolute Gasteiger partial charge is 0.297 e. The second-order valence-corrected chi connectivity index (χ2v) is 3.89. The summed E-state index contributed by atoms with van der Waals surface area (Å²) < 4.78 is 26.0. The molecule has 0 saturated carbocycles. The van der Waals surface area contributed by atoms with Crippen molar-refractivity contribution in [2.45, 2.75) is 0 Å². The van der Waals surface area contributed by atoms with E-state index in [1.54, 1.807) is 11.4 Å². The van der Waals surface area contributed by atoms with Crippen LogP contribution in [0.15, 0.2) is 29.6 Å². The van der Waals surface area contributed by atoms with E-state index in [1.165, 1.54) is 23.5 Å². The van der Waals surface area contributed by atoms with Crippen LogP contribution in [0.3, 0.4) is 0 Å². The third-order valence-corrected chi connectivity index (χ3v) is 2.87. The van der Waals surface area contributed by atoms with Crippen molar-refractivity contribution in [1.82, 2.24) is 0 Å². The van der Waals surface area contributed by atoms with Gasteiger partial charge >= 0.3 is 0 Å². The Morgan fingerprint density at radius 2 is 1.93 bits per heavy atom. The van der Waals surface area contributed by atoms with Crippen LogP contribution in [0.1, 0.15) is 9.67 Å². The van der Waals surface area contributed by atoms with Crippen LogP contribution < -0.4 is 0 Å². The summed E-state index contributed by atoms with van der Waals surface area (Å²) in [4.78, 5) is 11.1. The Labute approximate surface area is 89.0 Å². The van der Waals surface area contributed by atoms with E-state index in [4.69, 9.17) is 0 Å². The van der Waals surface area contributed by atoms with Gasteiger partial charge in [-0.1, -0.05) is 0 Å². The molecule has 0 aliphatic rings. The number of carbonyl (C=O) groups excluding carboxylic acids is 1. The molecule has 1 heterocycles. The first kappa shape index (κ1) is 9.98. The van der Waals surface area contributed by atoms with Crippen LogP contribution in [0.4, 0.5) is 8.78 Å². The van der Waals surface area contributed by atoms with Gasteiger partial charge in [-0.3, -0.25) is 4.79 Å². The zero-order valence-electron chi connectivity index (χ0n) is 7.54. The molecule has 0 unspecified atom stereocenters. The molecule has 0 bridgehead atoms. The molecule has 0 atom stereocenters. The molecular weight excluding hydrogens is 218 g/mol. The van der Waals surface area contributed by atoms with Crippen LogP contribution >= 0.6 is 11.3 Å². The number of thiophene rings is 1. The maximum absolute atomic E-state index is 13.4. The molecule has 1 aromatic carbocycles. The third kappa shape index (κ3) is 1.80. The number of benzene rings is 1. The van der Waals surface area contributed by atoms with E-state index in [-0.39, 0.29) is 5.56 Å². The van der Waals surface area contributed by atoms with Crippen molar-refractivity contribution in [2.24, 2.45) is 0 Å². The van der Waals surface area contributed by atoms with Crippen LogP contribution in [-0.4, -0.2) is 6.29 Å². The van der Waals surface area contributed by atoms with E-state index in [1.807, 2.05) is 0 Å². The molecular formula is C11H6F2OS. The summed E-state index contributed by atoms with van der Waals surface area (Å²) in [5.74, 6) is -1.28. The SMILES string of the molecule is O=Cc1sccc1-c1ccc(F)cc1F. The van der Waals surface area contributed by atoms with Gasteiger partial charge in [0.1, 0.15) is 11.6 Å². The number of aldehydes is 1. The molecule has 0 aliphatic carbocycles. The van der Waals surface area contributed by atoms with Gasteiger partial charge < -0.3 is 0 Å². The smallest absolute Gasteiger partial charge is 0.160 e. The molecule has 2 aromatic rings. The van der Waals surface area contributed by atoms with Crippen LogP contribution in [0.5, 0.6) is 0 Å². The number of rotatable bonds is 2. The lowest BCUT2D eigenvalue weighted by Gasteiger charge is -2.01. The van der Waals surface area contributed by atoms with Gasteiger partial charge in [0.05, 0.1) is 4.88 Å². The maximum Gasteiger partial charge on any atom is 0.160 e.